The number of anilines is 1. The first-order valence-electron chi connectivity index (χ1n) is 9.59. The quantitative estimate of drug-likeness (QED) is 0.476. The van der Waals surface area contributed by atoms with Gasteiger partial charge in [0.05, 0.1) is 10.6 Å². The van der Waals surface area contributed by atoms with Gasteiger partial charge in [0.15, 0.2) is 9.84 Å². The van der Waals surface area contributed by atoms with Gasteiger partial charge in [0, 0.05) is 11.3 Å². The van der Waals surface area contributed by atoms with E-state index in [1.807, 2.05) is 49.4 Å². The van der Waals surface area contributed by atoms with Crippen molar-refractivity contribution in [3.8, 4) is 0 Å². The number of rotatable bonds is 5. The lowest BCUT2D eigenvalue weighted by atomic mass is 10.1. The predicted octanol–water partition coefficient (Wildman–Crippen LogP) is 5.37. The first-order valence-corrected chi connectivity index (χ1v) is 11.2. The lowest BCUT2D eigenvalue weighted by molar-refractivity contribution is 0.102. The lowest BCUT2D eigenvalue weighted by Gasteiger charge is -2.08. The highest BCUT2D eigenvalue weighted by molar-refractivity contribution is 7.90. The number of nitrogens with one attached hydrogen (secondary N) is 1. The largest absolute Gasteiger partial charge is 0.322 e. The van der Waals surface area contributed by atoms with Crippen LogP contribution in [0.3, 0.4) is 0 Å². The molecule has 4 aromatic rings. The van der Waals surface area contributed by atoms with Crippen LogP contribution in [0.5, 0.6) is 0 Å². The maximum Gasteiger partial charge on any atom is 0.255 e. The second-order valence-electron chi connectivity index (χ2n) is 7.29. The van der Waals surface area contributed by atoms with E-state index in [9.17, 15) is 13.2 Å². The summed E-state index contributed by atoms with van der Waals surface area (Å²) in [4.78, 5) is 12.9. The lowest BCUT2D eigenvalue weighted by Crippen LogP contribution is -2.12. The molecule has 4 aromatic carbocycles. The van der Waals surface area contributed by atoms with Crippen molar-refractivity contribution in [3.05, 3.63) is 108 Å². The highest BCUT2D eigenvalue weighted by Crippen LogP contribution is 2.20. The normalized spacial score (nSPS) is 11.4. The van der Waals surface area contributed by atoms with Gasteiger partial charge in [-0.15, -0.1) is 0 Å². The molecule has 0 radical (unpaired) electrons. The third kappa shape index (κ3) is 4.42. The number of sulfone groups is 1. The number of aryl methyl sites for hydroxylation is 1. The fourth-order valence-electron chi connectivity index (χ4n) is 3.27. The van der Waals surface area contributed by atoms with Crippen molar-refractivity contribution in [2.75, 3.05) is 5.32 Å². The Hall–Kier alpha value is -3.44. The van der Waals surface area contributed by atoms with Gasteiger partial charge in [0.25, 0.3) is 5.91 Å². The Morgan fingerprint density at radius 2 is 1.47 bits per heavy atom. The molecule has 5 heteroatoms. The van der Waals surface area contributed by atoms with Crippen LogP contribution in [-0.2, 0) is 15.6 Å². The molecule has 150 valence electrons. The van der Waals surface area contributed by atoms with Crippen LogP contribution in [0.25, 0.3) is 10.8 Å². The number of hydrogen-bond acceptors (Lipinski definition) is 3. The van der Waals surface area contributed by atoms with Gasteiger partial charge in [-0.05, 0) is 59.7 Å². The van der Waals surface area contributed by atoms with Gasteiger partial charge >= 0.3 is 0 Å². The highest BCUT2D eigenvalue weighted by atomic mass is 32.2. The van der Waals surface area contributed by atoms with Crippen molar-refractivity contribution in [1.82, 2.24) is 0 Å². The summed E-state index contributed by atoms with van der Waals surface area (Å²) in [7, 11) is -3.43. The predicted molar refractivity (Wildman–Crippen MR) is 120 cm³/mol. The van der Waals surface area contributed by atoms with Crippen molar-refractivity contribution < 1.29 is 13.2 Å². The fourth-order valence-corrected chi connectivity index (χ4v) is 4.62. The first kappa shape index (κ1) is 19.9. The Kier molecular flexibility index (Phi) is 5.38. The van der Waals surface area contributed by atoms with E-state index < -0.39 is 9.84 Å². The Morgan fingerprint density at radius 1 is 0.800 bits per heavy atom. The van der Waals surface area contributed by atoms with Gasteiger partial charge in [-0.2, -0.15) is 0 Å². The Labute approximate surface area is 176 Å². The van der Waals surface area contributed by atoms with Crippen molar-refractivity contribution in [3.63, 3.8) is 0 Å². The number of benzene rings is 4. The van der Waals surface area contributed by atoms with E-state index in [1.165, 1.54) is 0 Å². The molecule has 0 atom stereocenters. The maximum absolute atomic E-state index is 12.6. The second kappa shape index (κ2) is 8.13. The van der Waals surface area contributed by atoms with E-state index >= 15 is 0 Å². The average molecular weight is 416 g/mol. The summed E-state index contributed by atoms with van der Waals surface area (Å²) >= 11 is 0. The molecule has 0 spiro atoms. The number of fused-ring (bicyclic) bond motifs is 1. The SMILES string of the molecule is Cc1ccc(S(=O)(=O)Cc2ccc(C(=O)Nc3ccc4ccccc4c3)cc2)cc1. The van der Waals surface area contributed by atoms with Crippen molar-refractivity contribution in [2.45, 2.75) is 17.6 Å². The van der Waals surface area contributed by atoms with Crippen LogP contribution in [0.4, 0.5) is 5.69 Å². The summed E-state index contributed by atoms with van der Waals surface area (Å²) in [6, 6.07) is 27.2. The van der Waals surface area contributed by atoms with Gasteiger partial charge in [0.2, 0.25) is 0 Å². The molecule has 0 aliphatic heterocycles. The van der Waals surface area contributed by atoms with Gasteiger partial charge in [-0.1, -0.05) is 60.2 Å². The van der Waals surface area contributed by atoms with Gasteiger partial charge in [0.1, 0.15) is 0 Å². The number of amides is 1. The van der Waals surface area contributed by atoms with Crippen molar-refractivity contribution >= 4 is 32.2 Å². The molecule has 0 saturated heterocycles. The summed E-state index contributed by atoms with van der Waals surface area (Å²) in [6.45, 7) is 1.91. The van der Waals surface area contributed by atoms with Crippen molar-refractivity contribution in [1.29, 1.82) is 0 Å². The van der Waals surface area contributed by atoms with E-state index in [1.54, 1.807) is 48.5 Å². The van der Waals surface area contributed by atoms with Crippen LogP contribution in [0.15, 0.2) is 95.9 Å². The molecule has 0 saturated carbocycles. The summed E-state index contributed by atoms with van der Waals surface area (Å²) < 4.78 is 25.2. The number of carbonyl (C=O) groups excluding carboxylic acids is 1. The minimum atomic E-state index is -3.43. The van der Waals surface area contributed by atoms with Gasteiger partial charge in [-0.3, -0.25) is 4.79 Å². The zero-order valence-corrected chi connectivity index (χ0v) is 17.3. The molecule has 0 heterocycles. The zero-order chi connectivity index (χ0) is 21.1. The minimum absolute atomic E-state index is 0.108. The Balaban J connectivity index is 1.47. The Bertz CT molecular complexity index is 1310. The van der Waals surface area contributed by atoms with E-state index in [0.29, 0.717) is 21.7 Å². The molecule has 0 fully saturated rings. The van der Waals surface area contributed by atoms with Gasteiger partial charge < -0.3 is 5.32 Å². The molecule has 30 heavy (non-hydrogen) atoms. The van der Waals surface area contributed by atoms with Crippen LogP contribution in [0.2, 0.25) is 0 Å². The van der Waals surface area contributed by atoms with Crippen molar-refractivity contribution in [2.24, 2.45) is 0 Å². The van der Waals surface area contributed by atoms with E-state index in [2.05, 4.69) is 5.32 Å². The molecule has 4 rings (SSSR count). The summed E-state index contributed by atoms with van der Waals surface area (Å²) in [6.07, 6.45) is 0. The molecule has 0 aliphatic rings. The number of carbonyl (C=O) groups is 1. The molecular formula is C25H21NO3S. The molecule has 1 N–H and O–H groups in total. The van der Waals surface area contributed by atoms with Gasteiger partial charge in [-0.25, -0.2) is 8.42 Å². The topological polar surface area (TPSA) is 63.2 Å². The molecule has 4 nitrogen and oxygen atoms in total. The zero-order valence-electron chi connectivity index (χ0n) is 16.5. The smallest absolute Gasteiger partial charge is 0.255 e. The molecular weight excluding hydrogens is 394 g/mol. The van der Waals surface area contributed by atoms with E-state index in [-0.39, 0.29) is 11.7 Å². The van der Waals surface area contributed by atoms with Crippen LogP contribution in [-0.4, -0.2) is 14.3 Å². The summed E-state index contributed by atoms with van der Waals surface area (Å²) in [5.74, 6) is -0.346. The third-order valence-electron chi connectivity index (χ3n) is 4.96. The number of hydrogen-bond donors (Lipinski definition) is 1. The highest BCUT2D eigenvalue weighted by Gasteiger charge is 2.15. The molecule has 0 bridgehead atoms. The van der Waals surface area contributed by atoms with Crippen LogP contribution < -0.4 is 5.32 Å². The van der Waals surface area contributed by atoms with Crippen LogP contribution in [0, 0.1) is 6.92 Å². The summed E-state index contributed by atoms with van der Waals surface area (Å²) in [5, 5.41) is 5.05. The summed E-state index contributed by atoms with van der Waals surface area (Å²) in [5.41, 5.74) is 2.83. The van der Waals surface area contributed by atoms with Crippen LogP contribution >= 0.6 is 0 Å². The fraction of sp³-hybridized carbons (Fsp3) is 0.0800. The van der Waals surface area contributed by atoms with E-state index in [4.69, 9.17) is 0 Å². The standard InChI is InChI=1S/C25H21NO3S/c1-18-6-14-24(15-7-18)30(28,29)17-19-8-10-21(11-9-19)25(27)26-23-13-12-20-4-2-3-5-22(20)16-23/h2-16H,17H2,1H3,(H,26,27). The third-order valence-corrected chi connectivity index (χ3v) is 6.66. The maximum atomic E-state index is 12.6. The molecule has 0 aliphatic carbocycles. The molecule has 0 unspecified atom stereocenters. The Morgan fingerprint density at radius 3 is 2.17 bits per heavy atom. The van der Waals surface area contributed by atoms with E-state index in [0.717, 1.165) is 16.3 Å². The first-order chi connectivity index (χ1) is 14.4. The molecule has 1 amide bonds. The minimum Gasteiger partial charge on any atom is -0.322 e. The molecule has 0 aromatic heterocycles. The average Bonchev–Trinajstić information content (AvgIpc) is 2.74. The monoisotopic (exact) mass is 415 g/mol. The second-order valence-corrected chi connectivity index (χ2v) is 9.27. The van der Waals surface area contributed by atoms with Crippen LogP contribution in [0.1, 0.15) is 21.5 Å².